The van der Waals surface area contributed by atoms with Crippen LogP contribution in [0.5, 0.6) is 0 Å². The first-order valence-electron chi connectivity index (χ1n) is 7.41. The molecular weight excluding hydrogens is 283 g/mol. The molecule has 1 aromatic carbocycles. The van der Waals surface area contributed by atoms with Crippen molar-refractivity contribution in [3.8, 4) is 5.69 Å². The maximum Gasteiger partial charge on any atom is 0.216 e. The number of hydrogen-bond donors (Lipinski definition) is 1. The summed E-state index contributed by atoms with van der Waals surface area (Å²) in [5.41, 5.74) is 0.378. The van der Waals surface area contributed by atoms with E-state index in [4.69, 9.17) is 0 Å². The number of aromatic nitrogens is 3. The Labute approximate surface area is 129 Å². The van der Waals surface area contributed by atoms with Crippen molar-refractivity contribution < 1.29 is 9.18 Å². The minimum Gasteiger partial charge on any atom is -0.356 e. The molecule has 1 amide bonds. The van der Waals surface area contributed by atoms with Gasteiger partial charge in [-0.3, -0.25) is 4.79 Å². The molecule has 5 nitrogen and oxygen atoms in total. The van der Waals surface area contributed by atoms with Crippen LogP contribution in [0, 0.1) is 11.7 Å². The molecule has 0 aliphatic heterocycles. The van der Waals surface area contributed by atoms with Crippen molar-refractivity contribution in [1.82, 2.24) is 20.1 Å². The normalized spacial score (nSPS) is 11.0. The molecule has 0 atom stereocenters. The highest BCUT2D eigenvalue weighted by molar-refractivity contribution is 5.72. The Morgan fingerprint density at radius 3 is 2.73 bits per heavy atom. The smallest absolute Gasteiger partial charge is 0.216 e. The van der Waals surface area contributed by atoms with Gasteiger partial charge in [-0.15, -0.1) is 0 Å². The van der Waals surface area contributed by atoms with Gasteiger partial charge in [0, 0.05) is 26.3 Å². The summed E-state index contributed by atoms with van der Waals surface area (Å²) in [7, 11) is 0. The molecular formula is C16H21FN4O. The summed E-state index contributed by atoms with van der Waals surface area (Å²) in [4.78, 5) is 15.5. The van der Waals surface area contributed by atoms with Gasteiger partial charge in [-0.1, -0.05) is 26.0 Å². The number of carbonyl (C=O) groups excluding carboxylic acids is 1. The van der Waals surface area contributed by atoms with E-state index in [1.807, 2.05) is 0 Å². The van der Waals surface area contributed by atoms with Gasteiger partial charge in [-0.25, -0.2) is 14.1 Å². The third-order valence-electron chi connectivity index (χ3n) is 3.11. The Bertz CT molecular complexity index is 651. The second-order valence-electron chi connectivity index (χ2n) is 5.64. The van der Waals surface area contributed by atoms with Crippen molar-refractivity contribution >= 4 is 5.91 Å². The first kappa shape index (κ1) is 16.1. The van der Waals surface area contributed by atoms with Crippen LogP contribution in [0.15, 0.2) is 24.3 Å². The van der Waals surface area contributed by atoms with Crippen LogP contribution in [0.25, 0.3) is 5.69 Å². The molecule has 118 valence electrons. The number of para-hydroxylation sites is 1. The Balaban J connectivity index is 2.31. The number of nitrogens with one attached hydrogen (secondary N) is 1. The Kier molecular flexibility index (Phi) is 5.25. The first-order valence-corrected chi connectivity index (χ1v) is 7.41. The molecule has 0 saturated carbocycles. The van der Waals surface area contributed by atoms with Crippen molar-refractivity contribution in [2.45, 2.75) is 33.6 Å². The zero-order chi connectivity index (χ0) is 16.1. The lowest BCUT2D eigenvalue weighted by Gasteiger charge is -2.07. The van der Waals surface area contributed by atoms with Crippen molar-refractivity contribution in [2.75, 3.05) is 6.54 Å². The molecule has 2 rings (SSSR count). The monoisotopic (exact) mass is 304 g/mol. The molecule has 0 saturated heterocycles. The molecule has 0 bridgehead atoms. The number of nitrogens with zero attached hydrogens (tertiary/aromatic N) is 3. The topological polar surface area (TPSA) is 59.8 Å². The SMILES string of the molecule is CC(=O)NCCc1nc(CC(C)C)nn1-c1ccccc1F. The van der Waals surface area contributed by atoms with Gasteiger partial charge in [0.1, 0.15) is 17.3 Å². The van der Waals surface area contributed by atoms with Gasteiger partial charge in [-0.05, 0) is 18.1 Å². The summed E-state index contributed by atoms with van der Waals surface area (Å²) in [6.45, 7) is 6.08. The Hall–Kier alpha value is -2.24. The van der Waals surface area contributed by atoms with Gasteiger partial charge in [-0.2, -0.15) is 5.10 Å². The average molecular weight is 304 g/mol. The van der Waals surface area contributed by atoms with E-state index >= 15 is 0 Å². The van der Waals surface area contributed by atoms with Crippen LogP contribution in [-0.4, -0.2) is 27.2 Å². The number of rotatable bonds is 6. The second kappa shape index (κ2) is 7.15. The van der Waals surface area contributed by atoms with E-state index in [0.717, 1.165) is 6.42 Å². The van der Waals surface area contributed by atoms with Gasteiger partial charge in [0.2, 0.25) is 5.91 Å². The number of benzene rings is 1. The largest absolute Gasteiger partial charge is 0.356 e. The third kappa shape index (κ3) is 4.13. The van der Waals surface area contributed by atoms with E-state index in [2.05, 4.69) is 29.2 Å². The summed E-state index contributed by atoms with van der Waals surface area (Å²) >= 11 is 0. The van der Waals surface area contributed by atoms with E-state index in [-0.39, 0.29) is 11.7 Å². The van der Waals surface area contributed by atoms with Gasteiger partial charge in [0.25, 0.3) is 0 Å². The Morgan fingerprint density at radius 2 is 2.09 bits per heavy atom. The standard InChI is InChI=1S/C16H21FN4O/c1-11(2)10-15-19-16(8-9-18-12(3)22)21(20-15)14-7-5-4-6-13(14)17/h4-7,11H,8-10H2,1-3H3,(H,18,22). The lowest BCUT2D eigenvalue weighted by Crippen LogP contribution is -2.23. The molecule has 1 aromatic heterocycles. The quantitative estimate of drug-likeness (QED) is 0.890. The molecule has 0 fully saturated rings. The molecule has 0 aliphatic rings. The van der Waals surface area contributed by atoms with Crippen molar-refractivity contribution in [3.63, 3.8) is 0 Å². The molecule has 2 aromatic rings. The lowest BCUT2D eigenvalue weighted by atomic mass is 10.1. The number of halogens is 1. The molecule has 6 heteroatoms. The van der Waals surface area contributed by atoms with E-state index in [1.165, 1.54) is 17.7 Å². The van der Waals surface area contributed by atoms with Crippen LogP contribution >= 0.6 is 0 Å². The lowest BCUT2D eigenvalue weighted by molar-refractivity contribution is -0.118. The first-order chi connectivity index (χ1) is 10.5. The summed E-state index contributed by atoms with van der Waals surface area (Å²) in [5, 5.41) is 7.16. The van der Waals surface area contributed by atoms with Gasteiger partial charge < -0.3 is 5.32 Å². The highest BCUT2D eigenvalue weighted by Gasteiger charge is 2.15. The highest BCUT2D eigenvalue weighted by Crippen LogP contribution is 2.15. The predicted molar refractivity (Wildman–Crippen MR) is 82.2 cm³/mol. The number of carbonyl (C=O) groups is 1. The maximum absolute atomic E-state index is 14.0. The van der Waals surface area contributed by atoms with E-state index in [1.54, 1.807) is 18.2 Å². The number of hydrogen-bond acceptors (Lipinski definition) is 3. The summed E-state index contributed by atoms with van der Waals surface area (Å²) in [5.74, 6) is 1.31. The van der Waals surface area contributed by atoms with Crippen molar-refractivity contribution in [2.24, 2.45) is 5.92 Å². The number of amides is 1. The van der Waals surface area contributed by atoms with Crippen LogP contribution in [0.3, 0.4) is 0 Å². The second-order valence-corrected chi connectivity index (χ2v) is 5.64. The minimum atomic E-state index is -0.343. The Morgan fingerprint density at radius 1 is 1.36 bits per heavy atom. The zero-order valence-corrected chi connectivity index (χ0v) is 13.1. The van der Waals surface area contributed by atoms with E-state index in [9.17, 15) is 9.18 Å². The van der Waals surface area contributed by atoms with Gasteiger partial charge in [0.15, 0.2) is 5.82 Å². The maximum atomic E-state index is 14.0. The van der Waals surface area contributed by atoms with Crippen molar-refractivity contribution in [3.05, 3.63) is 41.7 Å². The van der Waals surface area contributed by atoms with Crippen LogP contribution in [0.2, 0.25) is 0 Å². The van der Waals surface area contributed by atoms with Crippen LogP contribution in [0.1, 0.15) is 32.4 Å². The van der Waals surface area contributed by atoms with E-state index < -0.39 is 0 Å². The molecule has 0 radical (unpaired) electrons. The highest BCUT2D eigenvalue weighted by atomic mass is 19.1. The fraction of sp³-hybridized carbons (Fsp3) is 0.438. The van der Waals surface area contributed by atoms with Crippen LogP contribution in [0.4, 0.5) is 4.39 Å². The molecule has 0 unspecified atom stereocenters. The minimum absolute atomic E-state index is 0.0978. The summed E-state index contributed by atoms with van der Waals surface area (Å²) in [6.07, 6.45) is 1.23. The molecule has 1 N–H and O–H groups in total. The van der Waals surface area contributed by atoms with Crippen molar-refractivity contribution in [1.29, 1.82) is 0 Å². The molecule has 1 heterocycles. The molecule has 22 heavy (non-hydrogen) atoms. The summed E-state index contributed by atoms with van der Waals surface area (Å²) < 4.78 is 15.6. The fourth-order valence-electron chi connectivity index (χ4n) is 2.17. The predicted octanol–water partition coefficient (Wildman–Crippen LogP) is 2.28. The zero-order valence-electron chi connectivity index (χ0n) is 13.1. The van der Waals surface area contributed by atoms with Gasteiger partial charge in [0.05, 0.1) is 0 Å². The molecule has 0 aliphatic carbocycles. The van der Waals surface area contributed by atoms with Crippen LogP contribution in [-0.2, 0) is 17.6 Å². The fourth-order valence-corrected chi connectivity index (χ4v) is 2.17. The summed E-state index contributed by atoms with van der Waals surface area (Å²) in [6, 6.07) is 6.48. The van der Waals surface area contributed by atoms with Crippen LogP contribution < -0.4 is 5.32 Å². The third-order valence-corrected chi connectivity index (χ3v) is 3.11. The average Bonchev–Trinajstić information content (AvgIpc) is 2.80. The van der Waals surface area contributed by atoms with E-state index in [0.29, 0.717) is 36.2 Å². The molecule has 0 spiro atoms. The van der Waals surface area contributed by atoms with Gasteiger partial charge >= 0.3 is 0 Å².